The van der Waals surface area contributed by atoms with Crippen LogP contribution < -0.4 is 9.79 Å². The highest BCUT2D eigenvalue weighted by Gasteiger charge is 2.11. The molecule has 50 heavy (non-hydrogen) atoms. The summed E-state index contributed by atoms with van der Waals surface area (Å²) in [5.74, 6) is 0. The minimum Gasteiger partial charge on any atom is -0.790 e. The van der Waals surface area contributed by atoms with Crippen LogP contribution in [0.15, 0.2) is 93.2 Å². The van der Waals surface area contributed by atoms with Crippen LogP contribution in [0, 0.1) is 0 Å². The fourth-order valence-corrected chi connectivity index (χ4v) is 5.37. The van der Waals surface area contributed by atoms with Crippen molar-refractivity contribution in [3.63, 3.8) is 0 Å². The monoisotopic (exact) mass is 714 g/mol. The average Bonchev–Trinajstić information content (AvgIpc) is 3.00. The predicted molar refractivity (Wildman–Crippen MR) is 211 cm³/mol. The standard InChI is InChI=1S/C43H73O6P/c1-35(2)17-11-19-37(5)21-13-23-39(7)25-15-27-41(9)29-31-47-33-43(34-49-50(44,45)46)48-32-30-42(10)28-16-26-40(8)24-14-22-38(6)20-12-18-36(3)4/h17-18,21-22,25-26,29-30,43H,11-16,19-20,23-24,27-28,31-34H2,1-10H3,(H2,44,45,46)/p-2/b37-21+,38-22+,39-25+,40-26+,41-29+,42-30+/t43-/m0/s1. The zero-order valence-electron chi connectivity index (χ0n) is 33.4. The van der Waals surface area contributed by atoms with E-state index in [9.17, 15) is 14.4 Å². The van der Waals surface area contributed by atoms with Crippen molar-refractivity contribution < 1.29 is 28.3 Å². The summed E-state index contributed by atoms with van der Waals surface area (Å²) in [6.45, 7) is 22.0. The SMILES string of the molecule is CC(C)=CCC/C(C)=C/CC/C(C)=C/CC/C(C)=C/COC[C@@H](COP(=O)([O-])[O-])OC/C=C(\C)CC/C=C(\C)CC/C=C(\C)CCC=C(C)C. The van der Waals surface area contributed by atoms with Crippen molar-refractivity contribution in [3.05, 3.63) is 93.2 Å². The minimum absolute atomic E-state index is 0.127. The first kappa shape index (κ1) is 48.0. The number of hydrogen-bond acceptors (Lipinski definition) is 6. The number of phosphoric acid groups is 1. The summed E-state index contributed by atoms with van der Waals surface area (Å²) in [4.78, 5) is 22.2. The largest absolute Gasteiger partial charge is 0.790 e. The van der Waals surface area contributed by atoms with Crippen molar-refractivity contribution in [1.82, 2.24) is 0 Å². The van der Waals surface area contributed by atoms with Crippen LogP contribution >= 0.6 is 7.82 Å². The van der Waals surface area contributed by atoms with Crippen LogP contribution in [-0.2, 0) is 18.6 Å². The first-order valence-electron chi connectivity index (χ1n) is 18.6. The van der Waals surface area contributed by atoms with E-state index in [0.717, 1.165) is 77.0 Å². The maximum absolute atomic E-state index is 11.1. The number of rotatable bonds is 28. The number of phosphoric ester groups is 1. The molecule has 0 rings (SSSR count). The summed E-state index contributed by atoms with van der Waals surface area (Å²) in [5.41, 5.74) is 10.9. The molecule has 0 heterocycles. The summed E-state index contributed by atoms with van der Waals surface area (Å²) in [6, 6.07) is 0. The molecule has 0 amide bonds. The van der Waals surface area contributed by atoms with Gasteiger partial charge in [0.05, 0.1) is 34.3 Å². The molecule has 0 fully saturated rings. The molecule has 286 valence electrons. The molecular weight excluding hydrogens is 643 g/mol. The third-order valence-electron chi connectivity index (χ3n) is 8.34. The topological polar surface area (TPSA) is 90.9 Å². The molecule has 0 saturated carbocycles. The van der Waals surface area contributed by atoms with E-state index in [4.69, 9.17) is 9.47 Å². The number of hydrogen-bond donors (Lipinski definition) is 0. The Balaban J connectivity index is 4.60. The number of ether oxygens (including phenoxy) is 2. The van der Waals surface area contributed by atoms with Crippen molar-refractivity contribution in [3.8, 4) is 0 Å². The maximum Gasteiger partial charge on any atom is 0.105 e. The molecule has 0 aromatic rings. The van der Waals surface area contributed by atoms with Gasteiger partial charge >= 0.3 is 0 Å². The van der Waals surface area contributed by atoms with Crippen LogP contribution in [0.2, 0.25) is 0 Å². The Kier molecular flexibility index (Phi) is 28.3. The summed E-state index contributed by atoms with van der Waals surface area (Å²) in [5, 5.41) is 0. The fraction of sp³-hybridized carbons (Fsp3) is 0.628. The van der Waals surface area contributed by atoms with Gasteiger partial charge in [-0.15, -0.1) is 0 Å². The minimum atomic E-state index is -5.10. The molecule has 0 N–H and O–H groups in total. The second-order valence-corrected chi connectivity index (χ2v) is 15.5. The molecule has 6 nitrogen and oxygen atoms in total. The van der Waals surface area contributed by atoms with E-state index in [1.807, 2.05) is 12.2 Å². The van der Waals surface area contributed by atoms with E-state index in [-0.39, 0.29) is 19.8 Å². The Morgan fingerprint density at radius 2 is 0.800 bits per heavy atom. The molecule has 0 saturated heterocycles. The molecule has 7 heteroatoms. The molecule has 0 radical (unpaired) electrons. The lowest BCUT2D eigenvalue weighted by molar-refractivity contribution is -0.343. The molecule has 0 aliphatic rings. The van der Waals surface area contributed by atoms with Crippen LogP contribution in [0.5, 0.6) is 0 Å². The van der Waals surface area contributed by atoms with Gasteiger partial charge in [-0.25, -0.2) is 0 Å². The Hall–Kier alpha value is -2.05. The van der Waals surface area contributed by atoms with Crippen molar-refractivity contribution in [2.75, 3.05) is 26.4 Å². The van der Waals surface area contributed by atoms with E-state index >= 15 is 0 Å². The second-order valence-electron chi connectivity index (χ2n) is 14.3. The van der Waals surface area contributed by atoms with Gasteiger partial charge in [0.15, 0.2) is 0 Å². The highest BCUT2D eigenvalue weighted by molar-refractivity contribution is 7.43. The molecule has 0 aromatic heterocycles. The van der Waals surface area contributed by atoms with Gasteiger partial charge in [-0.2, -0.15) is 0 Å². The fourth-order valence-electron chi connectivity index (χ4n) is 5.02. The van der Waals surface area contributed by atoms with Gasteiger partial charge in [0.25, 0.3) is 0 Å². The van der Waals surface area contributed by atoms with Crippen LogP contribution in [-0.4, -0.2) is 32.5 Å². The number of allylic oxidation sites excluding steroid dienone is 14. The summed E-state index contributed by atoms with van der Waals surface area (Å²) < 4.78 is 27.2. The molecule has 1 atom stereocenters. The Morgan fingerprint density at radius 3 is 1.14 bits per heavy atom. The van der Waals surface area contributed by atoms with Crippen molar-refractivity contribution in [2.24, 2.45) is 0 Å². The summed E-state index contributed by atoms with van der Waals surface area (Å²) in [6.07, 6.45) is 29.9. The lowest BCUT2D eigenvalue weighted by Gasteiger charge is -2.30. The van der Waals surface area contributed by atoms with Gasteiger partial charge in [0.2, 0.25) is 0 Å². The second kappa shape index (κ2) is 29.5. The smallest absolute Gasteiger partial charge is 0.105 e. The van der Waals surface area contributed by atoms with Gasteiger partial charge in [-0.1, -0.05) is 93.2 Å². The normalized spacial score (nSPS) is 14.6. The molecule has 0 unspecified atom stereocenters. The van der Waals surface area contributed by atoms with Gasteiger partial charge < -0.3 is 28.3 Å². The highest BCUT2D eigenvalue weighted by atomic mass is 31.2. The van der Waals surface area contributed by atoms with E-state index in [1.165, 1.54) is 44.6 Å². The van der Waals surface area contributed by atoms with Crippen LogP contribution in [0.3, 0.4) is 0 Å². The highest BCUT2D eigenvalue weighted by Crippen LogP contribution is 2.25. The van der Waals surface area contributed by atoms with Gasteiger partial charge in [-0.3, -0.25) is 0 Å². The van der Waals surface area contributed by atoms with E-state index in [1.54, 1.807) is 0 Å². The third kappa shape index (κ3) is 33.1. The third-order valence-corrected chi connectivity index (χ3v) is 8.81. The summed E-state index contributed by atoms with van der Waals surface area (Å²) >= 11 is 0. The maximum atomic E-state index is 11.1. The zero-order chi connectivity index (χ0) is 37.8. The molecule has 0 aromatic carbocycles. The van der Waals surface area contributed by atoms with Crippen LogP contribution in [0.25, 0.3) is 0 Å². The summed E-state index contributed by atoms with van der Waals surface area (Å²) in [7, 11) is -5.10. The zero-order valence-corrected chi connectivity index (χ0v) is 34.3. The molecule has 0 aliphatic carbocycles. The van der Waals surface area contributed by atoms with Crippen molar-refractivity contribution >= 4 is 7.82 Å². The van der Waals surface area contributed by atoms with Crippen LogP contribution in [0.4, 0.5) is 0 Å². The van der Waals surface area contributed by atoms with E-state index in [2.05, 4.69) is 110 Å². The lowest BCUT2D eigenvalue weighted by Crippen LogP contribution is -2.28. The quantitative estimate of drug-likeness (QED) is 0.0455. The Bertz CT molecular complexity index is 1230. The van der Waals surface area contributed by atoms with Gasteiger partial charge in [-0.05, 0) is 146 Å². The van der Waals surface area contributed by atoms with Gasteiger partial charge in [0.1, 0.15) is 6.10 Å². The van der Waals surface area contributed by atoms with Crippen molar-refractivity contribution in [2.45, 2.75) is 152 Å². The van der Waals surface area contributed by atoms with E-state index < -0.39 is 13.9 Å². The molecule has 0 spiro atoms. The average molecular weight is 715 g/mol. The molecule has 0 aliphatic heterocycles. The lowest BCUT2D eigenvalue weighted by atomic mass is 10.0. The van der Waals surface area contributed by atoms with Gasteiger partial charge in [0, 0.05) is 0 Å². The first-order chi connectivity index (χ1) is 23.6. The Labute approximate surface area is 307 Å². The van der Waals surface area contributed by atoms with Crippen LogP contribution in [0.1, 0.15) is 146 Å². The van der Waals surface area contributed by atoms with E-state index in [0.29, 0.717) is 6.61 Å². The first-order valence-corrected chi connectivity index (χ1v) is 20.1. The molecule has 0 bridgehead atoms. The molecular formula is C43H71O6P-2. The predicted octanol–water partition coefficient (Wildman–Crippen LogP) is 11.5. The Morgan fingerprint density at radius 1 is 0.480 bits per heavy atom. The van der Waals surface area contributed by atoms with Crippen molar-refractivity contribution in [1.29, 1.82) is 0 Å².